The molecule has 0 spiro atoms. The summed E-state index contributed by atoms with van der Waals surface area (Å²) in [5.41, 5.74) is 0.541. The number of hydrogen-bond acceptors (Lipinski definition) is 12. The lowest BCUT2D eigenvalue weighted by Crippen LogP contribution is -2.16. The van der Waals surface area contributed by atoms with E-state index in [4.69, 9.17) is 13.9 Å². The summed E-state index contributed by atoms with van der Waals surface area (Å²) >= 11 is 2.42. The summed E-state index contributed by atoms with van der Waals surface area (Å²) in [5.74, 6) is 0.653. The van der Waals surface area contributed by atoms with E-state index < -0.39 is 5.91 Å². The van der Waals surface area contributed by atoms with Crippen LogP contribution >= 0.6 is 22.7 Å². The van der Waals surface area contributed by atoms with Crippen LogP contribution in [0, 0.1) is 18.3 Å². The second kappa shape index (κ2) is 10.6. The first kappa shape index (κ1) is 24.8. The molecule has 0 saturated carbocycles. The number of benzene rings is 1. The first-order valence-electron chi connectivity index (χ1n) is 10.9. The molecule has 1 N–H and O–H groups in total. The lowest BCUT2D eigenvalue weighted by molar-refractivity contribution is -0.112. The zero-order chi connectivity index (χ0) is 26.6. The Morgan fingerprint density at radius 1 is 1.24 bits per heavy atom. The molecular formula is C24H17N7O5S2. The van der Waals surface area contributed by atoms with Crippen LogP contribution in [0.5, 0.6) is 11.5 Å². The molecule has 5 aromatic rings. The fraction of sp³-hybridized carbons (Fsp3) is 0.125. The van der Waals surface area contributed by atoms with Crippen LogP contribution in [0.3, 0.4) is 0 Å². The normalized spacial score (nSPS) is 11.3. The van der Waals surface area contributed by atoms with Crippen LogP contribution in [-0.2, 0) is 11.4 Å². The number of carbonyl (C=O) groups is 1. The molecule has 1 aromatic carbocycles. The minimum Gasteiger partial charge on any atom is -0.493 e. The van der Waals surface area contributed by atoms with Crippen LogP contribution < -0.4 is 20.3 Å². The highest BCUT2D eigenvalue weighted by molar-refractivity contribution is 7.18. The van der Waals surface area contributed by atoms with Crippen molar-refractivity contribution < 1.29 is 18.7 Å². The van der Waals surface area contributed by atoms with Gasteiger partial charge in [-0.25, -0.2) is 4.98 Å². The van der Waals surface area contributed by atoms with Crippen LogP contribution in [0.1, 0.15) is 16.3 Å². The second-order valence-corrected chi connectivity index (χ2v) is 9.75. The molecule has 0 aliphatic carbocycles. The third kappa shape index (κ3) is 5.28. The maximum absolute atomic E-state index is 12.7. The Labute approximate surface area is 222 Å². The van der Waals surface area contributed by atoms with Gasteiger partial charge in [-0.15, -0.1) is 10.2 Å². The van der Waals surface area contributed by atoms with Gasteiger partial charge in [-0.3, -0.25) is 14.9 Å². The zero-order valence-corrected chi connectivity index (χ0v) is 21.5. The monoisotopic (exact) mass is 547 g/mol. The predicted molar refractivity (Wildman–Crippen MR) is 139 cm³/mol. The number of ether oxygens (including phenoxy) is 2. The molecule has 4 heterocycles. The molecule has 0 fully saturated rings. The average Bonchev–Trinajstić information content (AvgIpc) is 3.67. The van der Waals surface area contributed by atoms with Crippen molar-refractivity contribution in [2.24, 2.45) is 0 Å². The van der Waals surface area contributed by atoms with Crippen molar-refractivity contribution in [2.75, 3.05) is 12.4 Å². The van der Waals surface area contributed by atoms with Gasteiger partial charge in [0.25, 0.3) is 11.5 Å². The highest BCUT2D eigenvalue weighted by Crippen LogP contribution is 2.30. The lowest BCUT2D eigenvalue weighted by atomic mass is 10.1. The standard InChI is InChI=1S/C24H17N7O5S2/c1-13-30-31-20(32)10-16(26-24(31)37-13)12-36-17-6-5-14(9-19(17)34-2)8-15(11-25)21(33)27-23-29-28-22(38-23)18-4-3-7-35-18/h3-10H,12H2,1-2H3,(H,27,29,33)/b15-8-. The van der Waals surface area contributed by atoms with Crippen molar-refractivity contribution in [3.05, 3.63) is 74.9 Å². The van der Waals surface area contributed by atoms with Crippen LogP contribution in [0.15, 0.2) is 57.4 Å². The van der Waals surface area contributed by atoms with E-state index in [9.17, 15) is 14.9 Å². The van der Waals surface area contributed by atoms with E-state index in [0.29, 0.717) is 38.5 Å². The average molecular weight is 548 g/mol. The number of amides is 1. The van der Waals surface area contributed by atoms with Gasteiger partial charge in [-0.1, -0.05) is 28.7 Å². The Morgan fingerprint density at radius 2 is 2.11 bits per heavy atom. The highest BCUT2D eigenvalue weighted by Gasteiger charge is 2.16. The molecular weight excluding hydrogens is 530 g/mol. The Hall–Kier alpha value is -4.87. The maximum Gasteiger partial charge on any atom is 0.275 e. The number of methoxy groups -OCH3 is 1. The molecule has 0 bridgehead atoms. The minimum absolute atomic E-state index is 0.0297. The molecule has 5 rings (SSSR count). The number of anilines is 1. The lowest BCUT2D eigenvalue weighted by Gasteiger charge is -2.11. The molecule has 1 amide bonds. The van der Waals surface area contributed by atoms with Crippen molar-refractivity contribution in [1.29, 1.82) is 5.26 Å². The van der Waals surface area contributed by atoms with E-state index in [1.807, 2.05) is 6.07 Å². The number of fused-ring (bicyclic) bond motifs is 1. The minimum atomic E-state index is -0.639. The van der Waals surface area contributed by atoms with Gasteiger partial charge in [0.15, 0.2) is 22.3 Å². The summed E-state index contributed by atoms with van der Waals surface area (Å²) in [5, 5.41) is 25.6. The molecule has 0 atom stereocenters. The molecule has 0 radical (unpaired) electrons. The van der Waals surface area contributed by atoms with Gasteiger partial charge in [0.1, 0.15) is 23.3 Å². The Kier molecular flexibility index (Phi) is 6.94. The SMILES string of the molecule is COc1cc(/C=C(/C#N)C(=O)Nc2nnc(-c3ccco3)s2)ccc1OCc1cc(=O)n2nc(C)sc2n1. The number of rotatable bonds is 8. The van der Waals surface area contributed by atoms with Gasteiger partial charge < -0.3 is 13.9 Å². The molecule has 0 aliphatic rings. The Morgan fingerprint density at radius 3 is 2.87 bits per heavy atom. The van der Waals surface area contributed by atoms with E-state index in [-0.39, 0.29) is 22.9 Å². The van der Waals surface area contributed by atoms with Crippen LogP contribution in [0.25, 0.3) is 21.8 Å². The predicted octanol–water partition coefficient (Wildman–Crippen LogP) is 3.70. The van der Waals surface area contributed by atoms with Crippen LogP contribution in [-0.4, -0.2) is 37.8 Å². The highest BCUT2D eigenvalue weighted by atomic mass is 32.1. The smallest absolute Gasteiger partial charge is 0.275 e. The molecule has 12 nitrogen and oxygen atoms in total. The van der Waals surface area contributed by atoms with E-state index >= 15 is 0 Å². The first-order valence-corrected chi connectivity index (χ1v) is 12.5. The number of aryl methyl sites for hydroxylation is 1. The van der Waals surface area contributed by atoms with Gasteiger partial charge in [-0.2, -0.15) is 14.9 Å². The summed E-state index contributed by atoms with van der Waals surface area (Å²) in [6, 6.07) is 11.6. The van der Waals surface area contributed by atoms with Crippen molar-refractivity contribution >= 4 is 44.7 Å². The van der Waals surface area contributed by atoms with Crippen LogP contribution in [0.2, 0.25) is 0 Å². The number of nitrogens with zero attached hydrogens (tertiary/aromatic N) is 6. The van der Waals surface area contributed by atoms with Gasteiger partial charge in [-0.05, 0) is 42.8 Å². The van der Waals surface area contributed by atoms with E-state index in [1.165, 1.54) is 41.4 Å². The van der Waals surface area contributed by atoms with Gasteiger partial charge in [0.2, 0.25) is 10.1 Å². The molecule has 0 unspecified atom stereocenters. The fourth-order valence-corrected chi connectivity index (χ4v) is 4.80. The zero-order valence-electron chi connectivity index (χ0n) is 19.9. The molecule has 190 valence electrons. The topological polar surface area (TPSA) is 158 Å². The number of hydrogen-bond donors (Lipinski definition) is 1. The first-order chi connectivity index (χ1) is 18.4. The summed E-state index contributed by atoms with van der Waals surface area (Å²) in [6.07, 6.45) is 2.93. The molecule has 4 aromatic heterocycles. The quantitative estimate of drug-likeness (QED) is 0.224. The number of nitriles is 1. The number of aromatic nitrogens is 5. The second-order valence-electron chi connectivity index (χ2n) is 7.61. The fourth-order valence-electron chi connectivity index (χ4n) is 3.32. The summed E-state index contributed by atoms with van der Waals surface area (Å²) in [7, 11) is 1.47. The number of carbonyl (C=O) groups excluding carboxylic acids is 1. The van der Waals surface area contributed by atoms with Crippen LogP contribution in [0.4, 0.5) is 5.13 Å². The molecule has 14 heteroatoms. The summed E-state index contributed by atoms with van der Waals surface area (Å²) in [6.45, 7) is 1.83. The van der Waals surface area contributed by atoms with E-state index in [2.05, 4.69) is 25.6 Å². The van der Waals surface area contributed by atoms with Gasteiger partial charge in [0, 0.05) is 6.07 Å². The van der Waals surface area contributed by atoms with Gasteiger partial charge in [0.05, 0.1) is 19.1 Å². The molecule has 0 saturated heterocycles. The van der Waals surface area contributed by atoms with Crippen molar-refractivity contribution in [3.8, 4) is 28.3 Å². The summed E-state index contributed by atoms with van der Waals surface area (Å²) < 4.78 is 17.8. The molecule has 38 heavy (non-hydrogen) atoms. The molecule has 0 aliphatic heterocycles. The Bertz CT molecular complexity index is 1760. The maximum atomic E-state index is 12.7. The van der Waals surface area contributed by atoms with Gasteiger partial charge >= 0.3 is 0 Å². The van der Waals surface area contributed by atoms with E-state index in [0.717, 1.165) is 16.3 Å². The number of nitrogens with one attached hydrogen (secondary N) is 1. The van der Waals surface area contributed by atoms with Crippen molar-refractivity contribution in [3.63, 3.8) is 0 Å². The third-order valence-corrected chi connectivity index (χ3v) is 6.69. The third-order valence-electron chi connectivity index (χ3n) is 5.02. The van der Waals surface area contributed by atoms with E-state index in [1.54, 1.807) is 37.3 Å². The Balaban J connectivity index is 1.29. The van der Waals surface area contributed by atoms with Crippen molar-refractivity contribution in [1.82, 2.24) is 24.8 Å². The largest absolute Gasteiger partial charge is 0.493 e. The number of furan rings is 1. The van der Waals surface area contributed by atoms with Crippen molar-refractivity contribution in [2.45, 2.75) is 13.5 Å². The summed E-state index contributed by atoms with van der Waals surface area (Å²) in [4.78, 5) is 29.8.